The van der Waals surface area contributed by atoms with Crippen LogP contribution in [0.3, 0.4) is 0 Å². The van der Waals surface area contributed by atoms with Crippen LogP contribution in [0.25, 0.3) is 0 Å². The van der Waals surface area contributed by atoms with E-state index >= 15 is 0 Å². The predicted molar refractivity (Wildman–Crippen MR) is 92.7 cm³/mol. The molecule has 1 aliphatic heterocycles. The highest BCUT2D eigenvalue weighted by Gasteiger charge is 2.41. The summed E-state index contributed by atoms with van der Waals surface area (Å²) in [5.41, 5.74) is 2.20. The minimum absolute atomic E-state index is 0.0117. The van der Waals surface area contributed by atoms with Gasteiger partial charge < -0.3 is 10.2 Å². The van der Waals surface area contributed by atoms with Crippen LogP contribution in [-0.2, 0) is 13.5 Å². The number of amides is 2. The molecule has 0 bridgehead atoms. The van der Waals surface area contributed by atoms with Gasteiger partial charge in [0.05, 0.1) is 6.20 Å². The summed E-state index contributed by atoms with van der Waals surface area (Å²) in [5.74, 6) is 0.522. The number of benzene rings is 1. The Bertz CT molecular complexity index is 774. The number of likely N-dealkylation sites (tertiary alicyclic amines) is 1. The van der Waals surface area contributed by atoms with Gasteiger partial charge in [-0.15, -0.1) is 0 Å². The van der Waals surface area contributed by atoms with Crippen molar-refractivity contribution < 1.29 is 9.18 Å². The molecule has 1 N–H and O–H groups in total. The van der Waals surface area contributed by atoms with E-state index in [1.54, 1.807) is 12.1 Å². The summed E-state index contributed by atoms with van der Waals surface area (Å²) in [6, 6.07) is 6.82. The predicted octanol–water partition coefficient (Wildman–Crippen LogP) is 2.69. The zero-order chi connectivity index (χ0) is 17.4. The maximum atomic E-state index is 13.3. The van der Waals surface area contributed by atoms with Crippen LogP contribution in [-0.4, -0.2) is 39.8 Å². The molecule has 1 saturated heterocycles. The zero-order valence-corrected chi connectivity index (χ0v) is 14.4. The van der Waals surface area contributed by atoms with Crippen LogP contribution in [0.2, 0.25) is 0 Å². The van der Waals surface area contributed by atoms with Gasteiger partial charge in [0.1, 0.15) is 5.82 Å². The lowest BCUT2D eigenvalue weighted by molar-refractivity contribution is 0.206. The maximum Gasteiger partial charge on any atom is 0.317 e. The van der Waals surface area contributed by atoms with Crippen molar-refractivity contribution in [2.24, 2.45) is 13.0 Å². The van der Waals surface area contributed by atoms with Crippen LogP contribution in [0.5, 0.6) is 0 Å². The molecule has 0 unspecified atom stereocenters. The Balaban J connectivity index is 1.27. The number of hydrogen-bond donors (Lipinski definition) is 1. The molecule has 2 aliphatic rings. The second-order valence-electron chi connectivity index (χ2n) is 7.28. The summed E-state index contributed by atoms with van der Waals surface area (Å²) in [6.07, 6.45) is 6.82. The molecular weight excluding hydrogens is 319 g/mol. The van der Waals surface area contributed by atoms with E-state index in [2.05, 4.69) is 10.4 Å². The van der Waals surface area contributed by atoms with Gasteiger partial charge in [-0.05, 0) is 48.4 Å². The SMILES string of the molecule is Cn1cc(C[C@@H]2CCN(C(=O)N[C@H]3C[C@@H]3c3cccc(F)c3)C2)cn1. The van der Waals surface area contributed by atoms with Crippen molar-refractivity contribution in [1.29, 1.82) is 0 Å². The third kappa shape index (κ3) is 3.67. The quantitative estimate of drug-likeness (QED) is 0.929. The number of nitrogens with one attached hydrogen (secondary N) is 1. The minimum Gasteiger partial charge on any atom is -0.335 e. The topological polar surface area (TPSA) is 50.2 Å². The lowest BCUT2D eigenvalue weighted by Crippen LogP contribution is -2.40. The first-order valence-electron chi connectivity index (χ1n) is 8.87. The Hall–Kier alpha value is -2.37. The number of rotatable bonds is 4. The third-order valence-electron chi connectivity index (χ3n) is 5.23. The van der Waals surface area contributed by atoms with Gasteiger partial charge in [-0.3, -0.25) is 4.68 Å². The number of hydrogen-bond acceptors (Lipinski definition) is 2. The average molecular weight is 342 g/mol. The highest BCUT2D eigenvalue weighted by atomic mass is 19.1. The number of carbonyl (C=O) groups excluding carboxylic acids is 1. The monoisotopic (exact) mass is 342 g/mol. The summed E-state index contributed by atoms with van der Waals surface area (Å²) in [7, 11) is 1.92. The van der Waals surface area contributed by atoms with Crippen molar-refractivity contribution >= 4 is 6.03 Å². The van der Waals surface area contributed by atoms with Crippen LogP contribution in [0.1, 0.15) is 29.9 Å². The molecule has 1 aromatic carbocycles. The number of carbonyl (C=O) groups is 1. The maximum absolute atomic E-state index is 13.3. The highest BCUT2D eigenvalue weighted by molar-refractivity contribution is 5.75. The van der Waals surface area contributed by atoms with E-state index in [0.29, 0.717) is 5.92 Å². The molecule has 25 heavy (non-hydrogen) atoms. The average Bonchev–Trinajstić information content (AvgIpc) is 2.98. The number of aromatic nitrogens is 2. The van der Waals surface area contributed by atoms with E-state index in [4.69, 9.17) is 0 Å². The van der Waals surface area contributed by atoms with Gasteiger partial charge in [-0.1, -0.05) is 12.1 Å². The smallest absolute Gasteiger partial charge is 0.317 e. The lowest BCUT2D eigenvalue weighted by Gasteiger charge is -2.17. The van der Waals surface area contributed by atoms with E-state index in [-0.39, 0.29) is 23.8 Å². The van der Waals surface area contributed by atoms with Crippen LogP contribution >= 0.6 is 0 Å². The third-order valence-corrected chi connectivity index (χ3v) is 5.23. The number of nitrogens with zero attached hydrogens (tertiary/aromatic N) is 3. The summed E-state index contributed by atoms with van der Waals surface area (Å²) in [4.78, 5) is 14.4. The second-order valence-corrected chi connectivity index (χ2v) is 7.28. The minimum atomic E-state index is -0.215. The van der Waals surface area contributed by atoms with E-state index in [9.17, 15) is 9.18 Å². The van der Waals surface area contributed by atoms with Gasteiger partial charge in [0, 0.05) is 38.3 Å². The van der Waals surface area contributed by atoms with E-state index in [1.165, 1.54) is 11.6 Å². The van der Waals surface area contributed by atoms with Crippen molar-refractivity contribution in [3.8, 4) is 0 Å². The molecule has 1 aromatic heterocycles. The lowest BCUT2D eigenvalue weighted by atomic mass is 10.0. The largest absolute Gasteiger partial charge is 0.335 e. The Morgan fingerprint density at radius 1 is 1.44 bits per heavy atom. The van der Waals surface area contributed by atoms with Gasteiger partial charge in [-0.2, -0.15) is 5.10 Å². The van der Waals surface area contributed by atoms with E-state index in [0.717, 1.165) is 37.9 Å². The Morgan fingerprint density at radius 2 is 2.32 bits per heavy atom. The van der Waals surface area contributed by atoms with Gasteiger partial charge >= 0.3 is 6.03 Å². The molecule has 1 saturated carbocycles. The normalized spacial score (nSPS) is 25.2. The first-order chi connectivity index (χ1) is 12.1. The zero-order valence-electron chi connectivity index (χ0n) is 14.4. The van der Waals surface area contributed by atoms with Crippen molar-refractivity contribution in [2.45, 2.75) is 31.2 Å². The van der Waals surface area contributed by atoms with Crippen molar-refractivity contribution in [1.82, 2.24) is 20.0 Å². The molecule has 1 aliphatic carbocycles. The molecule has 2 amide bonds. The fourth-order valence-corrected chi connectivity index (χ4v) is 3.80. The molecule has 0 radical (unpaired) electrons. The van der Waals surface area contributed by atoms with Crippen molar-refractivity contribution in [2.75, 3.05) is 13.1 Å². The van der Waals surface area contributed by atoms with Gasteiger partial charge in [0.2, 0.25) is 0 Å². The molecule has 2 fully saturated rings. The first-order valence-corrected chi connectivity index (χ1v) is 8.87. The molecule has 132 valence electrons. The Labute approximate surface area is 146 Å². The fourth-order valence-electron chi connectivity index (χ4n) is 3.80. The van der Waals surface area contributed by atoms with Crippen LogP contribution in [0.15, 0.2) is 36.7 Å². The molecule has 4 rings (SSSR count). The van der Waals surface area contributed by atoms with E-state index in [1.807, 2.05) is 35.1 Å². The summed E-state index contributed by atoms with van der Waals surface area (Å²) < 4.78 is 15.1. The Kier molecular flexibility index (Phi) is 4.19. The number of aryl methyl sites for hydroxylation is 1. The summed E-state index contributed by atoms with van der Waals surface area (Å²) >= 11 is 0. The van der Waals surface area contributed by atoms with Gasteiger partial charge in [-0.25, -0.2) is 9.18 Å². The molecule has 2 aromatic rings. The summed E-state index contributed by atoms with van der Waals surface area (Å²) in [6.45, 7) is 1.59. The molecule has 6 heteroatoms. The molecule has 0 spiro atoms. The number of urea groups is 1. The molecule has 5 nitrogen and oxygen atoms in total. The second kappa shape index (κ2) is 6.50. The van der Waals surface area contributed by atoms with Crippen LogP contribution < -0.4 is 5.32 Å². The molecular formula is C19H23FN4O. The van der Waals surface area contributed by atoms with Crippen molar-refractivity contribution in [3.05, 3.63) is 53.6 Å². The first kappa shape index (κ1) is 16.1. The highest BCUT2D eigenvalue weighted by Crippen LogP contribution is 2.41. The van der Waals surface area contributed by atoms with Crippen LogP contribution in [0, 0.1) is 11.7 Å². The number of halogens is 1. The van der Waals surface area contributed by atoms with E-state index < -0.39 is 0 Å². The standard InChI is InChI=1S/C19H23FN4O/c1-23-11-14(10-21-23)7-13-5-6-24(12-13)19(25)22-18-9-17(18)15-3-2-4-16(20)8-15/h2-4,8,10-11,13,17-18H,5-7,9,12H2,1H3,(H,22,25)/t13-,17+,18-/m0/s1. The van der Waals surface area contributed by atoms with Gasteiger partial charge in [0.15, 0.2) is 0 Å². The molecule has 2 heterocycles. The fraction of sp³-hybridized carbons (Fsp3) is 0.474. The van der Waals surface area contributed by atoms with Crippen molar-refractivity contribution in [3.63, 3.8) is 0 Å². The van der Waals surface area contributed by atoms with Gasteiger partial charge in [0.25, 0.3) is 0 Å². The van der Waals surface area contributed by atoms with Crippen LogP contribution in [0.4, 0.5) is 9.18 Å². The molecule has 3 atom stereocenters. The summed E-state index contributed by atoms with van der Waals surface area (Å²) in [5, 5.41) is 7.30. The Morgan fingerprint density at radius 3 is 3.08 bits per heavy atom.